The summed E-state index contributed by atoms with van der Waals surface area (Å²) in [7, 11) is 0. The second-order valence-corrected chi connectivity index (χ2v) is 5.45. The Bertz CT molecular complexity index is 557. The maximum absolute atomic E-state index is 3.60. The Kier molecular flexibility index (Phi) is 4.39. The standard InChI is InChI=1S/C18H23N/c1-13-6-5-7-17(11-13)16(4)19-12-18-9-8-14(2)10-15(18)3/h5-11,16,19H,12H2,1-4H3/t16-/m1/s1. The molecule has 0 aliphatic heterocycles. The molecule has 0 aromatic heterocycles. The zero-order valence-corrected chi connectivity index (χ0v) is 12.3. The van der Waals surface area contributed by atoms with Crippen LogP contribution in [0.5, 0.6) is 0 Å². The zero-order valence-electron chi connectivity index (χ0n) is 12.3. The maximum atomic E-state index is 3.60. The van der Waals surface area contributed by atoms with Crippen molar-refractivity contribution in [2.75, 3.05) is 0 Å². The first-order valence-corrected chi connectivity index (χ1v) is 6.92. The monoisotopic (exact) mass is 253 g/mol. The molecule has 0 saturated heterocycles. The van der Waals surface area contributed by atoms with Gasteiger partial charge in [0.25, 0.3) is 0 Å². The van der Waals surface area contributed by atoms with Crippen LogP contribution >= 0.6 is 0 Å². The van der Waals surface area contributed by atoms with Crippen LogP contribution < -0.4 is 5.32 Å². The Morgan fingerprint density at radius 2 is 1.68 bits per heavy atom. The van der Waals surface area contributed by atoms with Gasteiger partial charge in [0.15, 0.2) is 0 Å². The molecule has 0 aliphatic rings. The molecule has 1 atom stereocenters. The summed E-state index contributed by atoms with van der Waals surface area (Å²) in [6.45, 7) is 9.60. The van der Waals surface area contributed by atoms with E-state index in [-0.39, 0.29) is 0 Å². The number of hydrogen-bond donors (Lipinski definition) is 1. The van der Waals surface area contributed by atoms with Crippen molar-refractivity contribution in [3.8, 4) is 0 Å². The van der Waals surface area contributed by atoms with Crippen LogP contribution in [0.4, 0.5) is 0 Å². The third kappa shape index (κ3) is 3.68. The molecule has 2 rings (SSSR count). The fourth-order valence-electron chi connectivity index (χ4n) is 2.36. The van der Waals surface area contributed by atoms with Crippen molar-refractivity contribution in [1.29, 1.82) is 0 Å². The van der Waals surface area contributed by atoms with Gasteiger partial charge in [-0.1, -0.05) is 53.6 Å². The number of nitrogens with one attached hydrogen (secondary N) is 1. The first-order chi connectivity index (χ1) is 9.06. The first kappa shape index (κ1) is 13.8. The summed E-state index contributed by atoms with van der Waals surface area (Å²) in [6, 6.07) is 15.7. The third-order valence-corrected chi connectivity index (χ3v) is 3.64. The van der Waals surface area contributed by atoms with Crippen molar-refractivity contribution < 1.29 is 0 Å². The molecule has 2 aromatic rings. The van der Waals surface area contributed by atoms with Crippen molar-refractivity contribution in [2.45, 2.75) is 40.3 Å². The van der Waals surface area contributed by atoms with Crippen molar-refractivity contribution in [1.82, 2.24) is 5.32 Å². The predicted molar refractivity (Wildman–Crippen MR) is 82.3 cm³/mol. The van der Waals surface area contributed by atoms with Crippen molar-refractivity contribution in [3.05, 3.63) is 70.3 Å². The van der Waals surface area contributed by atoms with Crippen LogP contribution in [0.2, 0.25) is 0 Å². The fraction of sp³-hybridized carbons (Fsp3) is 0.333. The van der Waals surface area contributed by atoms with Gasteiger partial charge in [0.1, 0.15) is 0 Å². The minimum atomic E-state index is 0.376. The van der Waals surface area contributed by atoms with Crippen LogP contribution in [0.25, 0.3) is 0 Å². The number of rotatable bonds is 4. The molecule has 0 saturated carbocycles. The first-order valence-electron chi connectivity index (χ1n) is 6.92. The second kappa shape index (κ2) is 6.03. The second-order valence-electron chi connectivity index (χ2n) is 5.45. The minimum Gasteiger partial charge on any atom is -0.306 e. The summed E-state index contributed by atoms with van der Waals surface area (Å²) < 4.78 is 0. The van der Waals surface area contributed by atoms with Gasteiger partial charge in [0.2, 0.25) is 0 Å². The minimum absolute atomic E-state index is 0.376. The molecule has 0 bridgehead atoms. The molecule has 2 aromatic carbocycles. The van der Waals surface area contributed by atoms with Gasteiger partial charge in [0, 0.05) is 12.6 Å². The largest absolute Gasteiger partial charge is 0.306 e. The number of hydrogen-bond acceptors (Lipinski definition) is 1. The highest BCUT2D eigenvalue weighted by Gasteiger charge is 2.06. The summed E-state index contributed by atoms with van der Waals surface area (Å²) in [5.41, 5.74) is 6.74. The lowest BCUT2D eigenvalue weighted by atomic mass is 10.0. The number of benzene rings is 2. The maximum Gasteiger partial charge on any atom is 0.0295 e. The molecular formula is C18H23N. The van der Waals surface area contributed by atoms with Gasteiger partial charge in [-0.05, 0) is 44.4 Å². The van der Waals surface area contributed by atoms with E-state index < -0.39 is 0 Å². The Morgan fingerprint density at radius 3 is 2.37 bits per heavy atom. The van der Waals surface area contributed by atoms with E-state index in [1.165, 1.54) is 27.8 Å². The molecule has 0 amide bonds. The molecule has 1 nitrogen and oxygen atoms in total. The van der Waals surface area contributed by atoms with E-state index in [1.54, 1.807) is 0 Å². The lowest BCUT2D eigenvalue weighted by Gasteiger charge is -2.16. The average Bonchev–Trinajstić information content (AvgIpc) is 2.37. The average molecular weight is 253 g/mol. The van der Waals surface area contributed by atoms with Crippen LogP contribution in [0.1, 0.15) is 40.8 Å². The number of aryl methyl sites for hydroxylation is 3. The lowest BCUT2D eigenvalue weighted by Crippen LogP contribution is -2.18. The SMILES string of the molecule is Cc1cccc([C@@H](C)NCc2ccc(C)cc2C)c1. The highest BCUT2D eigenvalue weighted by atomic mass is 14.9. The molecule has 100 valence electrons. The topological polar surface area (TPSA) is 12.0 Å². The van der Waals surface area contributed by atoms with Crippen LogP contribution in [-0.2, 0) is 6.54 Å². The quantitative estimate of drug-likeness (QED) is 0.848. The van der Waals surface area contributed by atoms with E-state index in [4.69, 9.17) is 0 Å². The molecule has 0 radical (unpaired) electrons. The van der Waals surface area contributed by atoms with Gasteiger partial charge in [-0.15, -0.1) is 0 Å². The summed E-state index contributed by atoms with van der Waals surface area (Å²) >= 11 is 0. The van der Waals surface area contributed by atoms with Crippen LogP contribution in [-0.4, -0.2) is 0 Å². The predicted octanol–water partition coefficient (Wildman–Crippen LogP) is 4.46. The Balaban J connectivity index is 2.02. The molecule has 0 aliphatic carbocycles. The van der Waals surface area contributed by atoms with E-state index in [1.807, 2.05) is 0 Å². The van der Waals surface area contributed by atoms with Gasteiger partial charge >= 0.3 is 0 Å². The van der Waals surface area contributed by atoms with Gasteiger partial charge in [-0.2, -0.15) is 0 Å². The van der Waals surface area contributed by atoms with E-state index >= 15 is 0 Å². The molecule has 0 fully saturated rings. The Morgan fingerprint density at radius 1 is 0.947 bits per heavy atom. The Hall–Kier alpha value is -1.60. The Labute approximate surface area is 116 Å². The van der Waals surface area contributed by atoms with Gasteiger partial charge in [-0.25, -0.2) is 0 Å². The van der Waals surface area contributed by atoms with E-state index in [2.05, 4.69) is 75.5 Å². The van der Waals surface area contributed by atoms with Crippen molar-refractivity contribution >= 4 is 0 Å². The highest BCUT2D eigenvalue weighted by Crippen LogP contribution is 2.16. The molecule has 1 N–H and O–H groups in total. The molecular weight excluding hydrogens is 230 g/mol. The van der Waals surface area contributed by atoms with E-state index in [9.17, 15) is 0 Å². The molecule has 0 unspecified atom stereocenters. The third-order valence-electron chi connectivity index (χ3n) is 3.64. The van der Waals surface area contributed by atoms with Crippen LogP contribution in [0.15, 0.2) is 42.5 Å². The van der Waals surface area contributed by atoms with Crippen LogP contribution in [0.3, 0.4) is 0 Å². The lowest BCUT2D eigenvalue weighted by molar-refractivity contribution is 0.573. The van der Waals surface area contributed by atoms with Crippen molar-refractivity contribution in [3.63, 3.8) is 0 Å². The molecule has 19 heavy (non-hydrogen) atoms. The molecule has 0 spiro atoms. The van der Waals surface area contributed by atoms with Gasteiger partial charge in [0.05, 0.1) is 0 Å². The fourth-order valence-corrected chi connectivity index (χ4v) is 2.36. The van der Waals surface area contributed by atoms with E-state index in [0.29, 0.717) is 6.04 Å². The molecule has 1 heteroatoms. The van der Waals surface area contributed by atoms with E-state index in [0.717, 1.165) is 6.54 Å². The summed E-state index contributed by atoms with van der Waals surface area (Å²) in [5, 5.41) is 3.60. The molecule has 0 heterocycles. The smallest absolute Gasteiger partial charge is 0.0295 e. The summed E-state index contributed by atoms with van der Waals surface area (Å²) in [5.74, 6) is 0. The van der Waals surface area contributed by atoms with Crippen LogP contribution in [0, 0.1) is 20.8 Å². The normalized spacial score (nSPS) is 12.4. The summed E-state index contributed by atoms with van der Waals surface area (Å²) in [6.07, 6.45) is 0. The zero-order chi connectivity index (χ0) is 13.8. The van der Waals surface area contributed by atoms with Crippen molar-refractivity contribution in [2.24, 2.45) is 0 Å². The van der Waals surface area contributed by atoms with Gasteiger partial charge < -0.3 is 5.32 Å². The summed E-state index contributed by atoms with van der Waals surface area (Å²) in [4.78, 5) is 0. The van der Waals surface area contributed by atoms with Gasteiger partial charge in [-0.3, -0.25) is 0 Å². The highest BCUT2D eigenvalue weighted by molar-refractivity contribution is 5.30.